The quantitative estimate of drug-likeness (QED) is 0.944. The third kappa shape index (κ3) is 2.42. The van der Waals surface area contributed by atoms with Crippen molar-refractivity contribution < 1.29 is 4.74 Å². The molecule has 96 valence electrons. The minimum absolute atomic E-state index is 0.201. The molecule has 1 aromatic heterocycles. The number of halogens is 1. The first kappa shape index (κ1) is 13.1. The molecule has 0 aliphatic heterocycles. The number of methoxy groups -OCH3 is 1. The van der Waals surface area contributed by atoms with Crippen LogP contribution in [0.2, 0.25) is 0 Å². The van der Waals surface area contributed by atoms with E-state index in [1.807, 2.05) is 35.9 Å². The largest absolute Gasteiger partial charge is 0.497 e. The Kier molecular flexibility index (Phi) is 4.04. The van der Waals surface area contributed by atoms with Crippen LogP contribution in [-0.2, 0) is 6.54 Å². The summed E-state index contributed by atoms with van der Waals surface area (Å²) in [5, 5.41) is 4.28. The summed E-state index contributed by atoms with van der Waals surface area (Å²) in [5.41, 5.74) is 8.32. The molecule has 0 spiro atoms. The summed E-state index contributed by atoms with van der Waals surface area (Å²) in [4.78, 5) is 0. The number of aromatic nitrogens is 2. The average Bonchev–Trinajstić information content (AvgIpc) is 2.79. The van der Waals surface area contributed by atoms with E-state index in [1.54, 1.807) is 13.3 Å². The molecule has 18 heavy (non-hydrogen) atoms. The third-order valence-electron chi connectivity index (χ3n) is 2.90. The molecule has 0 saturated carbocycles. The molecule has 5 heteroatoms. The van der Waals surface area contributed by atoms with E-state index in [0.717, 1.165) is 28.0 Å². The molecule has 1 heterocycles. The third-order valence-corrected chi connectivity index (χ3v) is 3.51. The van der Waals surface area contributed by atoms with Crippen molar-refractivity contribution in [1.82, 2.24) is 9.78 Å². The molecule has 1 atom stereocenters. The normalized spacial score (nSPS) is 12.4. The van der Waals surface area contributed by atoms with Crippen LogP contribution >= 0.6 is 15.9 Å². The van der Waals surface area contributed by atoms with Gasteiger partial charge in [0, 0.05) is 6.54 Å². The standard InChI is InChI=1S/C13H16BrN3O/c1-3-17-13(11(14)8-16-17)12(15)9-4-6-10(18-2)7-5-9/h4-8,12H,3,15H2,1-2H3. The first-order valence-corrected chi connectivity index (χ1v) is 6.57. The van der Waals surface area contributed by atoms with Crippen LogP contribution in [0.5, 0.6) is 5.75 Å². The summed E-state index contributed by atoms with van der Waals surface area (Å²) in [5.74, 6) is 0.828. The van der Waals surface area contributed by atoms with Crippen molar-refractivity contribution in [2.75, 3.05) is 7.11 Å². The fourth-order valence-electron chi connectivity index (χ4n) is 1.90. The van der Waals surface area contributed by atoms with Gasteiger partial charge in [-0.25, -0.2) is 0 Å². The predicted molar refractivity (Wildman–Crippen MR) is 74.6 cm³/mol. The molecule has 2 N–H and O–H groups in total. The van der Waals surface area contributed by atoms with Crippen molar-refractivity contribution in [1.29, 1.82) is 0 Å². The highest BCUT2D eigenvalue weighted by Crippen LogP contribution is 2.27. The number of ether oxygens (including phenoxy) is 1. The topological polar surface area (TPSA) is 53.1 Å². The van der Waals surface area contributed by atoms with Crippen LogP contribution in [0, 0.1) is 0 Å². The molecule has 0 amide bonds. The Bertz CT molecular complexity index is 522. The summed E-state index contributed by atoms with van der Waals surface area (Å²) in [6.07, 6.45) is 1.78. The Morgan fingerprint density at radius 1 is 1.39 bits per heavy atom. The van der Waals surface area contributed by atoms with Gasteiger partial charge in [-0.2, -0.15) is 5.10 Å². The smallest absolute Gasteiger partial charge is 0.118 e. The zero-order valence-corrected chi connectivity index (χ0v) is 12.0. The maximum absolute atomic E-state index is 6.30. The van der Waals surface area contributed by atoms with Crippen LogP contribution in [0.3, 0.4) is 0 Å². The lowest BCUT2D eigenvalue weighted by atomic mass is 10.0. The summed E-state index contributed by atoms with van der Waals surface area (Å²) < 4.78 is 7.98. The first-order chi connectivity index (χ1) is 8.67. The molecule has 2 aromatic rings. The Morgan fingerprint density at radius 3 is 2.61 bits per heavy atom. The predicted octanol–water partition coefficient (Wildman–Crippen LogP) is 2.72. The van der Waals surface area contributed by atoms with E-state index in [-0.39, 0.29) is 6.04 Å². The van der Waals surface area contributed by atoms with E-state index >= 15 is 0 Å². The van der Waals surface area contributed by atoms with Crippen LogP contribution in [0.1, 0.15) is 24.2 Å². The van der Waals surface area contributed by atoms with Gasteiger partial charge in [0.15, 0.2) is 0 Å². The number of rotatable bonds is 4. The van der Waals surface area contributed by atoms with Gasteiger partial charge < -0.3 is 10.5 Å². The van der Waals surface area contributed by atoms with E-state index in [9.17, 15) is 0 Å². The van der Waals surface area contributed by atoms with E-state index in [2.05, 4.69) is 21.0 Å². The van der Waals surface area contributed by atoms with Crippen molar-refractivity contribution in [3.05, 3.63) is 46.2 Å². The van der Waals surface area contributed by atoms with Gasteiger partial charge in [0.25, 0.3) is 0 Å². The number of aryl methyl sites for hydroxylation is 1. The van der Waals surface area contributed by atoms with E-state index in [4.69, 9.17) is 10.5 Å². The van der Waals surface area contributed by atoms with Gasteiger partial charge in [-0.05, 0) is 40.5 Å². The maximum Gasteiger partial charge on any atom is 0.118 e. The van der Waals surface area contributed by atoms with Crippen LogP contribution in [-0.4, -0.2) is 16.9 Å². The van der Waals surface area contributed by atoms with Gasteiger partial charge in [0.1, 0.15) is 5.75 Å². The zero-order chi connectivity index (χ0) is 13.1. The average molecular weight is 310 g/mol. The number of nitrogens with two attached hydrogens (primary N) is 1. The van der Waals surface area contributed by atoms with E-state index in [0.29, 0.717) is 0 Å². The maximum atomic E-state index is 6.30. The molecular weight excluding hydrogens is 294 g/mol. The van der Waals surface area contributed by atoms with Gasteiger partial charge in [0.2, 0.25) is 0 Å². The lowest BCUT2D eigenvalue weighted by molar-refractivity contribution is 0.414. The lowest BCUT2D eigenvalue weighted by Gasteiger charge is -2.15. The van der Waals surface area contributed by atoms with Crippen molar-refractivity contribution in [2.45, 2.75) is 19.5 Å². The zero-order valence-electron chi connectivity index (χ0n) is 10.4. The second kappa shape index (κ2) is 5.54. The Hall–Kier alpha value is -1.33. The fraction of sp³-hybridized carbons (Fsp3) is 0.308. The Labute approximate surface area is 115 Å². The molecule has 0 radical (unpaired) electrons. The second-order valence-corrected chi connectivity index (χ2v) is 4.80. The number of hydrogen-bond acceptors (Lipinski definition) is 3. The molecular formula is C13H16BrN3O. The van der Waals surface area contributed by atoms with Crippen molar-refractivity contribution >= 4 is 15.9 Å². The molecule has 0 fully saturated rings. The van der Waals surface area contributed by atoms with Gasteiger partial charge in [-0.15, -0.1) is 0 Å². The molecule has 0 saturated heterocycles. The second-order valence-electron chi connectivity index (χ2n) is 3.94. The highest BCUT2D eigenvalue weighted by atomic mass is 79.9. The van der Waals surface area contributed by atoms with Gasteiger partial charge in [-0.3, -0.25) is 4.68 Å². The van der Waals surface area contributed by atoms with Crippen molar-refractivity contribution in [3.63, 3.8) is 0 Å². The minimum Gasteiger partial charge on any atom is -0.497 e. The van der Waals surface area contributed by atoms with Gasteiger partial charge in [0.05, 0.1) is 29.5 Å². The molecule has 0 aliphatic carbocycles. The highest BCUT2D eigenvalue weighted by molar-refractivity contribution is 9.10. The van der Waals surface area contributed by atoms with Gasteiger partial charge in [-0.1, -0.05) is 12.1 Å². The summed E-state index contributed by atoms with van der Waals surface area (Å²) in [7, 11) is 1.65. The summed E-state index contributed by atoms with van der Waals surface area (Å²) >= 11 is 3.50. The van der Waals surface area contributed by atoms with Crippen LogP contribution in [0.15, 0.2) is 34.9 Å². The van der Waals surface area contributed by atoms with E-state index < -0.39 is 0 Å². The van der Waals surface area contributed by atoms with E-state index in [1.165, 1.54) is 0 Å². The molecule has 2 rings (SSSR count). The molecule has 1 unspecified atom stereocenters. The van der Waals surface area contributed by atoms with Crippen LogP contribution < -0.4 is 10.5 Å². The Morgan fingerprint density at radius 2 is 2.06 bits per heavy atom. The van der Waals surface area contributed by atoms with Crippen molar-refractivity contribution in [2.24, 2.45) is 5.73 Å². The highest BCUT2D eigenvalue weighted by Gasteiger charge is 2.17. The SMILES string of the molecule is CCn1ncc(Br)c1C(N)c1ccc(OC)cc1. The lowest BCUT2D eigenvalue weighted by Crippen LogP contribution is -2.17. The number of nitrogens with zero attached hydrogens (tertiary/aromatic N) is 2. The molecule has 4 nitrogen and oxygen atoms in total. The molecule has 0 aliphatic rings. The molecule has 0 bridgehead atoms. The van der Waals surface area contributed by atoms with Crippen molar-refractivity contribution in [3.8, 4) is 5.75 Å². The number of hydrogen-bond donors (Lipinski definition) is 1. The molecule has 1 aromatic carbocycles. The fourth-order valence-corrected chi connectivity index (χ4v) is 2.45. The monoisotopic (exact) mass is 309 g/mol. The van der Waals surface area contributed by atoms with Crippen LogP contribution in [0.4, 0.5) is 0 Å². The Balaban J connectivity index is 2.34. The van der Waals surface area contributed by atoms with Crippen LogP contribution in [0.25, 0.3) is 0 Å². The summed E-state index contributed by atoms with van der Waals surface area (Å²) in [6.45, 7) is 2.84. The first-order valence-electron chi connectivity index (χ1n) is 5.78. The van der Waals surface area contributed by atoms with Gasteiger partial charge >= 0.3 is 0 Å². The minimum atomic E-state index is -0.201. The summed E-state index contributed by atoms with van der Waals surface area (Å²) in [6, 6.07) is 7.57. The number of benzene rings is 1.